The summed E-state index contributed by atoms with van der Waals surface area (Å²) in [4.78, 5) is 16.1. The molecule has 0 fully saturated rings. The Hall–Kier alpha value is -2.36. The summed E-state index contributed by atoms with van der Waals surface area (Å²) in [5.74, 6) is 0.947. The molecule has 1 aromatic carbocycles. The van der Waals surface area contributed by atoms with Crippen molar-refractivity contribution in [2.24, 2.45) is 0 Å². The van der Waals surface area contributed by atoms with Crippen LogP contribution in [-0.2, 0) is 11.2 Å². The Balaban J connectivity index is 2.03. The summed E-state index contributed by atoms with van der Waals surface area (Å²) in [6, 6.07) is 13.1. The van der Waals surface area contributed by atoms with Crippen LogP contribution in [0.5, 0.6) is 5.75 Å². The van der Waals surface area contributed by atoms with Gasteiger partial charge in [-0.05, 0) is 24.6 Å². The number of hydrogen-bond donors (Lipinski definition) is 1. The maximum Gasteiger partial charge on any atom is 0.230 e. The van der Waals surface area contributed by atoms with Crippen LogP contribution in [0.2, 0.25) is 0 Å². The van der Waals surface area contributed by atoms with Gasteiger partial charge in [-0.15, -0.1) is 0 Å². The van der Waals surface area contributed by atoms with Crippen molar-refractivity contribution in [3.8, 4) is 5.75 Å². The Morgan fingerprint density at radius 1 is 1.21 bits per heavy atom. The molecule has 98 valence electrons. The number of ether oxygens (including phenoxy) is 1. The molecule has 0 aliphatic heterocycles. The molecule has 2 aromatic rings. The molecule has 0 saturated carbocycles. The van der Waals surface area contributed by atoms with E-state index in [1.54, 1.807) is 18.3 Å². The molecule has 0 atom stereocenters. The zero-order valence-corrected chi connectivity index (χ0v) is 10.8. The van der Waals surface area contributed by atoms with Crippen LogP contribution in [0.3, 0.4) is 0 Å². The molecule has 4 nitrogen and oxygen atoms in total. The van der Waals surface area contributed by atoms with Gasteiger partial charge < -0.3 is 10.1 Å². The van der Waals surface area contributed by atoms with Crippen LogP contribution in [0, 0.1) is 0 Å². The van der Waals surface area contributed by atoms with Crippen molar-refractivity contribution in [2.75, 3.05) is 11.9 Å². The second-order valence-electron chi connectivity index (χ2n) is 3.99. The van der Waals surface area contributed by atoms with Crippen molar-refractivity contribution >= 4 is 11.7 Å². The maximum absolute atomic E-state index is 11.9. The van der Waals surface area contributed by atoms with Gasteiger partial charge in [-0.3, -0.25) is 4.79 Å². The first-order valence-electron chi connectivity index (χ1n) is 6.21. The van der Waals surface area contributed by atoms with E-state index in [0.717, 1.165) is 5.56 Å². The third-order valence-electron chi connectivity index (χ3n) is 2.54. The number of rotatable bonds is 5. The minimum absolute atomic E-state index is 0.106. The average Bonchev–Trinajstić information content (AvgIpc) is 2.42. The number of hydrogen-bond acceptors (Lipinski definition) is 3. The molecule has 0 bridgehead atoms. The lowest BCUT2D eigenvalue weighted by Gasteiger charge is -2.09. The first-order valence-corrected chi connectivity index (χ1v) is 6.21. The molecule has 1 heterocycles. The highest BCUT2D eigenvalue weighted by atomic mass is 16.5. The molecule has 1 aromatic heterocycles. The van der Waals surface area contributed by atoms with E-state index in [-0.39, 0.29) is 5.91 Å². The Morgan fingerprint density at radius 2 is 2.00 bits per heavy atom. The van der Waals surface area contributed by atoms with E-state index >= 15 is 0 Å². The number of anilines is 1. The van der Waals surface area contributed by atoms with Gasteiger partial charge in [0.15, 0.2) is 11.6 Å². The average molecular weight is 256 g/mol. The third kappa shape index (κ3) is 3.81. The van der Waals surface area contributed by atoms with Crippen molar-refractivity contribution in [2.45, 2.75) is 13.3 Å². The highest BCUT2D eigenvalue weighted by Crippen LogP contribution is 2.20. The van der Waals surface area contributed by atoms with Crippen LogP contribution in [0.1, 0.15) is 12.5 Å². The van der Waals surface area contributed by atoms with Crippen LogP contribution in [0.15, 0.2) is 48.7 Å². The smallest absolute Gasteiger partial charge is 0.230 e. The summed E-state index contributed by atoms with van der Waals surface area (Å²) < 4.78 is 5.41. The first-order chi connectivity index (χ1) is 9.29. The van der Waals surface area contributed by atoms with Gasteiger partial charge in [0, 0.05) is 6.20 Å². The minimum Gasteiger partial charge on any atom is -0.490 e. The summed E-state index contributed by atoms with van der Waals surface area (Å²) in [6.07, 6.45) is 1.95. The standard InChI is InChI=1S/C15H16N2O2/c1-2-19-13-9-6-10-16-15(13)17-14(18)11-12-7-4-3-5-8-12/h3-10H,2,11H2,1H3,(H,16,17,18). The van der Waals surface area contributed by atoms with E-state index in [0.29, 0.717) is 24.6 Å². The molecule has 1 N–H and O–H groups in total. The second-order valence-corrected chi connectivity index (χ2v) is 3.99. The number of benzene rings is 1. The number of carbonyl (C=O) groups is 1. The largest absolute Gasteiger partial charge is 0.490 e. The molecule has 19 heavy (non-hydrogen) atoms. The predicted octanol–water partition coefficient (Wildman–Crippen LogP) is 2.66. The fourth-order valence-corrected chi connectivity index (χ4v) is 1.71. The fraction of sp³-hybridized carbons (Fsp3) is 0.200. The van der Waals surface area contributed by atoms with E-state index in [1.165, 1.54) is 0 Å². The van der Waals surface area contributed by atoms with Crippen molar-refractivity contribution in [1.29, 1.82) is 0 Å². The Kier molecular flexibility index (Phi) is 4.50. The number of nitrogens with one attached hydrogen (secondary N) is 1. The zero-order chi connectivity index (χ0) is 13.5. The summed E-state index contributed by atoms with van der Waals surface area (Å²) in [7, 11) is 0. The van der Waals surface area contributed by atoms with Gasteiger partial charge in [0.25, 0.3) is 0 Å². The lowest BCUT2D eigenvalue weighted by atomic mass is 10.1. The molecule has 0 aliphatic rings. The highest BCUT2D eigenvalue weighted by molar-refractivity contribution is 5.92. The molecule has 0 aliphatic carbocycles. The minimum atomic E-state index is -0.106. The molecule has 0 saturated heterocycles. The molecule has 2 rings (SSSR count). The summed E-state index contributed by atoms with van der Waals surface area (Å²) in [5, 5.41) is 2.77. The monoisotopic (exact) mass is 256 g/mol. The lowest BCUT2D eigenvalue weighted by Crippen LogP contribution is -2.16. The van der Waals surface area contributed by atoms with Gasteiger partial charge in [-0.25, -0.2) is 4.98 Å². The van der Waals surface area contributed by atoms with E-state index in [4.69, 9.17) is 4.74 Å². The summed E-state index contributed by atoms with van der Waals surface area (Å²) >= 11 is 0. The van der Waals surface area contributed by atoms with E-state index < -0.39 is 0 Å². The molecular formula is C15H16N2O2. The van der Waals surface area contributed by atoms with Gasteiger partial charge in [0.1, 0.15) is 0 Å². The Morgan fingerprint density at radius 3 is 2.74 bits per heavy atom. The predicted molar refractivity (Wildman–Crippen MR) is 74.2 cm³/mol. The Bertz CT molecular complexity index is 541. The molecule has 0 radical (unpaired) electrons. The van der Waals surface area contributed by atoms with Crippen LogP contribution >= 0.6 is 0 Å². The number of amides is 1. The van der Waals surface area contributed by atoms with Crippen molar-refractivity contribution in [3.63, 3.8) is 0 Å². The van der Waals surface area contributed by atoms with Gasteiger partial charge in [-0.1, -0.05) is 30.3 Å². The molecule has 1 amide bonds. The van der Waals surface area contributed by atoms with E-state index in [2.05, 4.69) is 10.3 Å². The number of carbonyl (C=O) groups excluding carboxylic acids is 1. The number of nitrogens with zero attached hydrogens (tertiary/aromatic N) is 1. The molecule has 0 spiro atoms. The molecule has 4 heteroatoms. The topological polar surface area (TPSA) is 51.2 Å². The van der Waals surface area contributed by atoms with Gasteiger partial charge >= 0.3 is 0 Å². The number of aromatic nitrogens is 1. The molecule has 0 unspecified atom stereocenters. The van der Waals surface area contributed by atoms with Gasteiger partial charge in [-0.2, -0.15) is 0 Å². The van der Waals surface area contributed by atoms with Crippen LogP contribution < -0.4 is 10.1 Å². The van der Waals surface area contributed by atoms with Crippen molar-refractivity contribution in [3.05, 3.63) is 54.2 Å². The van der Waals surface area contributed by atoms with Crippen LogP contribution in [-0.4, -0.2) is 17.5 Å². The summed E-state index contributed by atoms with van der Waals surface area (Å²) in [6.45, 7) is 2.43. The third-order valence-corrected chi connectivity index (χ3v) is 2.54. The SMILES string of the molecule is CCOc1cccnc1NC(=O)Cc1ccccc1. The number of pyridine rings is 1. The lowest BCUT2D eigenvalue weighted by molar-refractivity contribution is -0.115. The van der Waals surface area contributed by atoms with Crippen molar-refractivity contribution in [1.82, 2.24) is 4.98 Å². The van der Waals surface area contributed by atoms with Crippen LogP contribution in [0.25, 0.3) is 0 Å². The van der Waals surface area contributed by atoms with E-state index in [9.17, 15) is 4.79 Å². The molecular weight excluding hydrogens is 240 g/mol. The normalized spacial score (nSPS) is 9.95. The summed E-state index contributed by atoms with van der Waals surface area (Å²) in [5.41, 5.74) is 0.967. The maximum atomic E-state index is 11.9. The van der Waals surface area contributed by atoms with Gasteiger partial charge in [0.05, 0.1) is 13.0 Å². The quantitative estimate of drug-likeness (QED) is 0.894. The fourth-order valence-electron chi connectivity index (χ4n) is 1.71. The zero-order valence-electron chi connectivity index (χ0n) is 10.8. The van der Waals surface area contributed by atoms with Crippen molar-refractivity contribution < 1.29 is 9.53 Å². The first kappa shape index (κ1) is 13.1. The van der Waals surface area contributed by atoms with Crippen LogP contribution in [0.4, 0.5) is 5.82 Å². The highest BCUT2D eigenvalue weighted by Gasteiger charge is 2.09. The second kappa shape index (κ2) is 6.54. The van der Waals surface area contributed by atoms with Gasteiger partial charge in [0.2, 0.25) is 5.91 Å². The Labute approximate surface area is 112 Å². The van der Waals surface area contributed by atoms with E-state index in [1.807, 2.05) is 37.3 Å².